The number of nitrogens with zero attached hydrogens (tertiary/aromatic N) is 2. The first kappa shape index (κ1) is 11.3. The van der Waals surface area contributed by atoms with Gasteiger partial charge in [0.05, 0.1) is 11.4 Å². The molecule has 1 aliphatic rings. The van der Waals surface area contributed by atoms with Gasteiger partial charge in [-0.15, -0.1) is 11.3 Å². The monoisotopic (exact) mass is 238 g/mol. The molecule has 0 atom stereocenters. The highest BCUT2D eigenvalue weighted by atomic mass is 32.1. The van der Waals surface area contributed by atoms with Crippen LogP contribution in [-0.2, 0) is 16.0 Å². The lowest BCUT2D eigenvalue weighted by atomic mass is 10.1. The Labute approximate surface area is 98.3 Å². The molecule has 86 valence electrons. The minimum absolute atomic E-state index is 0.0375. The van der Waals surface area contributed by atoms with Crippen LogP contribution in [0, 0.1) is 6.92 Å². The third-order valence-electron chi connectivity index (χ3n) is 2.62. The first-order valence-corrected chi connectivity index (χ1v) is 6.23. The minimum atomic E-state index is -0.0375. The van der Waals surface area contributed by atoms with Crippen molar-refractivity contribution >= 4 is 23.0 Å². The number of piperidine rings is 1. The molecule has 1 aliphatic heterocycles. The molecule has 1 amide bonds. The maximum atomic E-state index is 11.5. The van der Waals surface area contributed by atoms with Crippen molar-refractivity contribution < 1.29 is 9.59 Å². The Morgan fingerprint density at radius 2 is 2.31 bits per heavy atom. The Morgan fingerprint density at radius 3 is 2.94 bits per heavy atom. The zero-order valence-electron chi connectivity index (χ0n) is 9.23. The van der Waals surface area contributed by atoms with E-state index in [1.54, 1.807) is 16.2 Å². The van der Waals surface area contributed by atoms with E-state index in [9.17, 15) is 9.59 Å². The van der Waals surface area contributed by atoms with Gasteiger partial charge in [-0.2, -0.15) is 0 Å². The van der Waals surface area contributed by atoms with E-state index in [0.29, 0.717) is 19.5 Å². The molecule has 5 heteroatoms. The number of amides is 1. The van der Waals surface area contributed by atoms with Crippen molar-refractivity contribution in [2.75, 3.05) is 13.1 Å². The van der Waals surface area contributed by atoms with Crippen molar-refractivity contribution in [2.45, 2.75) is 26.2 Å². The molecule has 0 bridgehead atoms. The van der Waals surface area contributed by atoms with Gasteiger partial charge in [0.2, 0.25) is 5.91 Å². The van der Waals surface area contributed by atoms with Crippen molar-refractivity contribution in [1.29, 1.82) is 0 Å². The Kier molecular flexibility index (Phi) is 3.33. The second-order valence-corrected chi connectivity index (χ2v) is 4.92. The van der Waals surface area contributed by atoms with Crippen LogP contribution in [0.2, 0.25) is 0 Å². The number of hydrogen-bond donors (Lipinski definition) is 0. The summed E-state index contributed by atoms with van der Waals surface area (Å²) in [5.41, 5.74) is 1.03. The maximum absolute atomic E-state index is 11.5. The van der Waals surface area contributed by atoms with Crippen LogP contribution in [0.5, 0.6) is 0 Å². The molecule has 0 aromatic carbocycles. The zero-order valence-corrected chi connectivity index (χ0v) is 10.0. The van der Waals surface area contributed by atoms with Crippen molar-refractivity contribution in [3.63, 3.8) is 0 Å². The number of thiazole rings is 1. The van der Waals surface area contributed by atoms with Gasteiger partial charge in [-0.3, -0.25) is 9.59 Å². The van der Waals surface area contributed by atoms with Crippen LogP contribution in [0.25, 0.3) is 0 Å². The molecule has 1 aromatic heterocycles. The zero-order chi connectivity index (χ0) is 11.5. The summed E-state index contributed by atoms with van der Waals surface area (Å²) >= 11 is 1.62. The minimum Gasteiger partial charge on any atom is -0.341 e. The number of aromatic nitrogens is 1. The van der Waals surface area contributed by atoms with E-state index in [1.165, 1.54) is 0 Å². The van der Waals surface area contributed by atoms with Gasteiger partial charge in [0.15, 0.2) is 0 Å². The molecular weight excluding hydrogens is 224 g/mol. The Morgan fingerprint density at radius 1 is 1.50 bits per heavy atom. The summed E-state index contributed by atoms with van der Waals surface area (Å²) in [6, 6.07) is 0. The SMILES string of the molecule is Cc1csc(CCN2CCC(=O)CC2=O)n1. The molecule has 2 rings (SSSR count). The largest absolute Gasteiger partial charge is 0.341 e. The molecule has 0 N–H and O–H groups in total. The van der Waals surface area contributed by atoms with E-state index >= 15 is 0 Å². The highest BCUT2D eigenvalue weighted by molar-refractivity contribution is 7.09. The van der Waals surface area contributed by atoms with Gasteiger partial charge in [-0.25, -0.2) is 4.98 Å². The average molecular weight is 238 g/mol. The van der Waals surface area contributed by atoms with Gasteiger partial charge >= 0.3 is 0 Å². The van der Waals surface area contributed by atoms with E-state index in [2.05, 4.69) is 4.98 Å². The van der Waals surface area contributed by atoms with Crippen LogP contribution in [0.1, 0.15) is 23.5 Å². The molecule has 0 unspecified atom stereocenters. The molecule has 0 aliphatic carbocycles. The van der Waals surface area contributed by atoms with Gasteiger partial charge in [-0.1, -0.05) is 0 Å². The molecule has 1 fully saturated rings. The Balaban J connectivity index is 1.86. The quantitative estimate of drug-likeness (QED) is 0.743. The molecule has 1 aromatic rings. The standard InChI is InChI=1S/C11H14N2O2S/c1-8-7-16-10(12-8)3-5-13-4-2-9(14)6-11(13)15/h7H,2-6H2,1H3. The lowest BCUT2D eigenvalue weighted by molar-refractivity contribution is -0.139. The Hall–Kier alpha value is -1.23. The van der Waals surface area contributed by atoms with Crippen molar-refractivity contribution in [3.05, 3.63) is 16.1 Å². The second kappa shape index (κ2) is 4.74. The predicted octanol–water partition coefficient (Wildman–Crippen LogP) is 1.19. The summed E-state index contributed by atoms with van der Waals surface area (Å²) in [6.45, 7) is 3.21. The number of carbonyl (C=O) groups is 2. The lowest BCUT2D eigenvalue weighted by Gasteiger charge is -2.25. The fourth-order valence-electron chi connectivity index (χ4n) is 1.74. The van der Waals surface area contributed by atoms with E-state index in [4.69, 9.17) is 0 Å². The fraction of sp³-hybridized carbons (Fsp3) is 0.545. The van der Waals surface area contributed by atoms with E-state index in [1.807, 2.05) is 12.3 Å². The number of hydrogen-bond acceptors (Lipinski definition) is 4. The molecule has 0 spiro atoms. The molecule has 0 radical (unpaired) electrons. The van der Waals surface area contributed by atoms with E-state index < -0.39 is 0 Å². The third kappa shape index (κ3) is 2.66. The molecule has 4 nitrogen and oxygen atoms in total. The average Bonchev–Trinajstić information content (AvgIpc) is 2.63. The molecule has 16 heavy (non-hydrogen) atoms. The van der Waals surface area contributed by atoms with Crippen molar-refractivity contribution in [1.82, 2.24) is 9.88 Å². The summed E-state index contributed by atoms with van der Waals surface area (Å²) in [6.07, 6.45) is 1.37. The van der Waals surface area contributed by atoms with Gasteiger partial charge in [-0.05, 0) is 6.92 Å². The van der Waals surface area contributed by atoms with E-state index in [0.717, 1.165) is 17.1 Å². The van der Waals surface area contributed by atoms with Gasteiger partial charge in [0.25, 0.3) is 0 Å². The number of ketones is 1. The number of likely N-dealkylation sites (tertiary alicyclic amines) is 1. The molecule has 0 saturated carbocycles. The molecule has 2 heterocycles. The van der Waals surface area contributed by atoms with Crippen molar-refractivity contribution in [3.8, 4) is 0 Å². The lowest BCUT2D eigenvalue weighted by Crippen LogP contribution is -2.40. The van der Waals surface area contributed by atoms with Crippen LogP contribution in [-0.4, -0.2) is 34.7 Å². The number of aryl methyl sites for hydroxylation is 1. The predicted molar refractivity (Wildman–Crippen MR) is 61.4 cm³/mol. The number of rotatable bonds is 3. The van der Waals surface area contributed by atoms with Crippen LogP contribution in [0.4, 0.5) is 0 Å². The summed E-state index contributed by atoms with van der Waals surface area (Å²) in [5.74, 6) is 0.0240. The highest BCUT2D eigenvalue weighted by Gasteiger charge is 2.23. The highest BCUT2D eigenvalue weighted by Crippen LogP contribution is 2.12. The summed E-state index contributed by atoms with van der Waals surface area (Å²) in [4.78, 5) is 28.7. The van der Waals surface area contributed by atoms with Gasteiger partial charge < -0.3 is 4.90 Å². The first-order valence-electron chi connectivity index (χ1n) is 5.35. The summed E-state index contributed by atoms with van der Waals surface area (Å²) < 4.78 is 0. The number of Topliss-reactive ketones (excluding diaryl/α,β-unsaturated/α-hetero) is 1. The van der Waals surface area contributed by atoms with Crippen LogP contribution in [0.3, 0.4) is 0 Å². The topological polar surface area (TPSA) is 50.3 Å². The molecular formula is C11H14N2O2S. The summed E-state index contributed by atoms with van der Waals surface area (Å²) in [5, 5.41) is 3.07. The Bertz CT molecular complexity index is 414. The van der Waals surface area contributed by atoms with Crippen LogP contribution >= 0.6 is 11.3 Å². The van der Waals surface area contributed by atoms with Gasteiger partial charge in [0.1, 0.15) is 5.78 Å². The first-order chi connectivity index (χ1) is 7.65. The molecule has 1 saturated heterocycles. The van der Waals surface area contributed by atoms with E-state index in [-0.39, 0.29) is 18.1 Å². The normalized spacial score (nSPS) is 16.9. The fourth-order valence-corrected chi connectivity index (χ4v) is 2.50. The third-order valence-corrected chi connectivity index (χ3v) is 3.65. The maximum Gasteiger partial charge on any atom is 0.230 e. The van der Waals surface area contributed by atoms with Crippen LogP contribution in [0.15, 0.2) is 5.38 Å². The van der Waals surface area contributed by atoms with Crippen molar-refractivity contribution in [2.24, 2.45) is 0 Å². The summed E-state index contributed by atoms with van der Waals surface area (Å²) in [7, 11) is 0. The van der Waals surface area contributed by atoms with Gasteiger partial charge in [0, 0.05) is 37.0 Å². The smallest absolute Gasteiger partial charge is 0.230 e. The number of carbonyl (C=O) groups excluding carboxylic acids is 2. The van der Waals surface area contributed by atoms with Crippen LogP contribution < -0.4 is 0 Å². The second-order valence-electron chi connectivity index (χ2n) is 3.98.